The van der Waals surface area contributed by atoms with Gasteiger partial charge in [-0.15, -0.1) is 0 Å². The van der Waals surface area contributed by atoms with E-state index in [1.165, 1.54) is 10.6 Å². The van der Waals surface area contributed by atoms with Crippen LogP contribution in [0.15, 0.2) is 49.1 Å². The highest BCUT2D eigenvalue weighted by atomic mass is 35.5. The van der Waals surface area contributed by atoms with Gasteiger partial charge < -0.3 is 9.67 Å². The highest BCUT2D eigenvalue weighted by Gasteiger charge is 2.39. The average Bonchev–Trinajstić information content (AvgIpc) is 3.19. The second-order valence-electron chi connectivity index (χ2n) is 9.33. The first-order chi connectivity index (χ1) is 16.6. The molecule has 1 aliphatic heterocycles. The fourth-order valence-corrected chi connectivity index (χ4v) is 6.19. The second kappa shape index (κ2) is 8.83. The zero-order valence-electron chi connectivity index (χ0n) is 19.9. The molecule has 35 heavy (non-hydrogen) atoms. The topological polar surface area (TPSA) is 91.6 Å². The molecule has 8 nitrogen and oxygen atoms in total. The fourth-order valence-electron chi connectivity index (χ4n) is 5.19. The molecule has 0 amide bonds. The lowest BCUT2D eigenvalue weighted by Gasteiger charge is -2.39. The van der Waals surface area contributed by atoms with Gasteiger partial charge in [0.1, 0.15) is 5.60 Å². The summed E-state index contributed by atoms with van der Waals surface area (Å²) in [5, 5.41) is 12.5. The van der Waals surface area contributed by atoms with E-state index in [2.05, 4.69) is 9.88 Å². The Kier molecular flexibility index (Phi) is 6.09. The highest BCUT2D eigenvalue weighted by molar-refractivity contribution is 7.88. The number of nitrogens with zero attached hydrogens (tertiary/aromatic N) is 5. The molecule has 1 aromatic carbocycles. The van der Waals surface area contributed by atoms with E-state index in [-0.39, 0.29) is 6.04 Å². The molecule has 184 valence electrons. The van der Waals surface area contributed by atoms with Gasteiger partial charge in [-0.25, -0.2) is 13.4 Å². The van der Waals surface area contributed by atoms with E-state index >= 15 is 0 Å². The number of rotatable bonds is 4. The van der Waals surface area contributed by atoms with E-state index in [4.69, 9.17) is 16.6 Å². The van der Waals surface area contributed by atoms with Crippen LogP contribution < -0.4 is 0 Å². The summed E-state index contributed by atoms with van der Waals surface area (Å²) in [6.07, 6.45) is 8.34. The molecule has 1 N–H and O–H groups in total. The van der Waals surface area contributed by atoms with Crippen LogP contribution in [-0.2, 0) is 22.7 Å². The van der Waals surface area contributed by atoms with Gasteiger partial charge in [0.25, 0.3) is 0 Å². The Morgan fingerprint density at radius 1 is 1.17 bits per heavy atom. The summed E-state index contributed by atoms with van der Waals surface area (Å²) in [6.45, 7) is 3.70. The SMILES string of the molecule is Cn1cncc1[C@](C)(O)C1=Cc2cccnc2[C@@H](N2CCN(S(C)(=O)=O)CC2)c2ccc(Cl)cc21. The highest BCUT2D eigenvalue weighted by Crippen LogP contribution is 2.46. The number of piperazine rings is 1. The summed E-state index contributed by atoms with van der Waals surface area (Å²) >= 11 is 6.49. The Balaban J connectivity index is 1.68. The van der Waals surface area contributed by atoms with Crippen LogP contribution in [0.2, 0.25) is 5.02 Å². The maximum atomic E-state index is 12.1. The van der Waals surface area contributed by atoms with E-state index in [1.807, 2.05) is 48.0 Å². The standard InChI is InChI=1S/C25H28ClN5O3S/c1-25(32,22-15-27-16-29(22)2)21-13-17-5-4-8-28-23(17)24(19-7-6-18(26)14-20(19)21)30-9-11-31(12-10-30)35(3,33)34/h4-8,13-16,24,32H,9-12H2,1-3H3/t24-,25+/m0/s1. The predicted octanol–water partition coefficient (Wildman–Crippen LogP) is 2.90. The summed E-state index contributed by atoms with van der Waals surface area (Å²) in [5.41, 5.74) is 3.55. The lowest BCUT2D eigenvalue weighted by atomic mass is 9.84. The maximum absolute atomic E-state index is 12.1. The van der Waals surface area contributed by atoms with Crippen molar-refractivity contribution in [3.8, 4) is 0 Å². The van der Waals surface area contributed by atoms with Crippen molar-refractivity contribution in [2.75, 3.05) is 32.4 Å². The molecule has 5 rings (SSSR count). The van der Waals surface area contributed by atoms with Crippen molar-refractivity contribution in [1.29, 1.82) is 0 Å². The molecule has 0 unspecified atom stereocenters. The molecule has 2 atom stereocenters. The van der Waals surface area contributed by atoms with E-state index in [1.54, 1.807) is 25.6 Å². The molecule has 10 heteroatoms. The number of hydrogen-bond acceptors (Lipinski definition) is 6. The third-order valence-corrected chi connectivity index (χ3v) is 8.52. The first-order valence-corrected chi connectivity index (χ1v) is 13.7. The monoisotopic (exact) mass is 513 g/mol. The summed E-state index contributed by atoms with van der Waals surface area (Å²) in [5.74, 6) is 0. The molecule has 3 aromatic rings. The lowest BCUT2D eigenvalue weighted by Crippen LogP contribution is -2.49. The van der Waals surface area contributed by atoms with Crippen LogP contribution in [0.5, 0.6) is 0 Å². The van der Waals surface area contributed by atoms with Crippen molar-refractivity contribution in [3.63, 3.8) is 0 Å². The van der Waals surface area contributed by atoms with Crippen LogP contribution in [0, 0.1) is 0 Å². The normalized spacial score (nSPS) is 20.9. The summed E-state index contributed by atoms with van der Waals surface area (Å²) in [4.78, 5) is 11.2. The Hall–Kier alpha value is -2.56. The van der Waals surface area contributed by atoms with Crippen molar-refractivity contribution in [2.45, 2.75) is 18.6 Å². The number of benzene rings is 1. The molecule has 2 aromatic heterocycles. The molecule has 0 bridgehead atoms. The van der Waals surface area contributed by atoms with E-state index < -0.39 is 15.6 Å². The first kappa shape index (κ1) is 24.1. The van der Waals surface area contributed by atoms with Crippen molar-refractivity contribution < 1.29 is 13.5 Å². The molecule has 0 radical (unpaired) electrons. The van der Waals surface area contributed by atoms with Gasteiger partial charge in [0.2, 0.25) is 10.0 Å². The molecular formula is C25H28ClN5O3S. The van der Waals surface area contributed by atoms with Crippen LogP contribution in [0.1, 0.15) is 41.0 Å². The third kappa shape index (κ3) is 4.32. The number of halogens is 1. The summed E-state index contributed by atoms with van der Waals surface area (Å²) < 4.78 is 27.5. The maximum Gasteiger partial charge on any atom is 0.211 e. The average molecular weight is 514 g/mol. The van der Waals surface area contributed by atoms with Gasteiger partial charge in [-0.2, -0.15) is 4.31 Å². The molecule has 0 spiro atoms. The number of fused-ring (bicyclic) bond motifs is 2. The van der Waals surface area contributed by atoms with Gasteiger partial charge in [-0.3, -0.25) is 9.88 Å². The van der Waals surface area contributed by atoms with Crippen LogP contribution in [-0.4, -0.2) is 69.7 Å². The van der Waals surface area contributed by atoms with E-state index in [0.717, 1.165) is 22.4 Å². The van der Waals surface area contributed by atoms with Gasteiger partial charge in [-0.1, -0.05) is 23.7 Å². The molecule has 1 saturated heterocycles. The molecule has 1 fully saturated rings. The van der Waals surface area contributed by atoms with Crippen molar-refractivity contribution in [1.82, 2.24) is 23.7 Å². The number of imidazole rings is 1. The Morgan fingerprint density at radius 2 is 1.91 bits per heavy atom. The van der Waals surface area contributed by atoms with Gasteiger partial charge in [0.15, 0.2) is 0 Å². The minimum Gasteiger partial charge on any atom is -0.379 e. The van der Waals surface area contributed by atoms with Crippen LogP contribution in [0.25, 0.3) is 11.6 Å². The van der Waals surface area contributed by atoms with Gasteiger partial charge in [0, 0.05) is 44.4 Å². The number of hydrogen-bond donors (Lipinski definition) is 1. The van der Waals surface area contributed by atoms with E-state index in [0.29, 0.717) is 42.5 Å². The number of aryl methyl sites for hydroxylation is 1. The largest absolute Gasteiger partial charge is 0.379 e. The second-order valence-corrected chi connectivity index (χ2v) is 11.7. The first-order valence-electron chi connectivity index (χ1n) is 11.4. The van der Waals surface area contributed by atoms with Crippen molar-refractivity contribution >= 4 is 33.3 Å². The quantitative estimate of drug-likeness (QED) is 0.577. The molecule has 1 aliphatic carbocycles. The zero-order valence-corrected chi connectivity index (χ0v) is 21.5. The third-order valence-electron chi connectivity index (χ3n) is 6.98. The van der Waals surface area contributed by atoms with Crippen molar-refractivity contribution in [2.24, 2.45) is 7.05 Å². The lowest BCUT2D eigenvalue weighted by molar-refractivity contribution is 0.114. The molecule has 0 saturated carbocycles. The Bertz CT molecular complexity index is 1410. The predicted molar refractivity (Wildman–Crippen MR) is 136 cm³/mol. The number of sulfonamides is 1. The van der Waals surface area contributed by atoms with E-state index in [9.17, 15) is 13.5 Å². The minimum atomic E-state index is -3.25. The molecule has 2 aliphatic rings. The fraction of sp³-hybridized carbons (Fsp3) is 0.360. The summed E-state index contributed by atoms with van der Waals surface area (Å²) in [6, 6.07) is 9.38. The smallest absolute Gasteiger partial charge is 0.211 e. The summed E-state index contributed by atoms with van der Waals surface area (Å²) in [7, 11) is -1.40. The van der Waals surface area contributed by atoms with Crippen LogP contribution in [0.3, 0.4) is 0 Å². The zero-order chi connectivity index (χ0) is 25.0. The van der Waals surface area contributed by atoms with Gasteiger partial charge in [-0.05, 0) is 53.5 Å². The van der Waals surface area contributed by atoms with Crippen LogP contribution in [0.4, 0.5) is 0 Å². The van der Waals surface area contributed by atoms with Crippen molar-refractivity contribution in [3.05, 3.63) is 82.2 Å². The number of aromatic nitrogens is 3. The minimum absolute atomic E-state index is 0.226. The van der Waals surface area contributed by atoms with Crippen LogP contribution >= 0.6 is 11.6 Å². The molecule has 3 heterocycles. The Morgan fingerprint density at radius 3 is 2.57 bits per heavy atom. The molecular weight excluding hydrogens is 486 g/mol. The Labute approximate surface area is 210 Å². The van der Waals surface area contributed by atoms with Gasteiger partial charge >= 0.3 is 0 Å². The van der Waals surface area contributed by atoms with Gasteiger partial charge in [0.05, 0.1) is 36.2 Å². The number of pyridine rings is 1. The number of aliphatic hydroxyl groups is 1.